The van der Waals surface area contributed by atoms with E-state index >= 15 is 0 Å². The highest BCUT2D eigenvalue weighted by atomic mass is 79.9. The van der Waals surface area contributed by atoms with Gasteiger partial charge in [-0.05, 0) is 18.1 Å². The van der Waals surface area contributed by atoms with Crippen LogP contribution in [0.4, 0.5) is 0 Å². The molecule has 21 heavy (non-hydrogen) atoms. The molecular formula is C18H20BrNO. The summed E-state index contributed by atoms with van der Waals surface area (Å²) in [7, 11) is 0. The molecule has 2 nitrogen and oxygen atoms in total. The number of carbonyl (C=O) groups excluding carboxylic acids is 1. The maximum Gasteiger partial charge on any atom is 0.227 e. The molecule has 0 saturated heterocycles. The highest BCUT2D eigenvalue weighted by molar-refractivity contribution is 9.09. The molecule has 3 heteroatoms. The summed E-state index contributed by atoms with van der Waals surface area (Å²) in [6, 6.07) is 18.3. The quantitative estimate of drug-likeness (QED) is 0.725. The van der Waals surface area contributed by atoms with Crippen LogP contribution in [-0.2, 0) is 17.8 Å². The van der Waals surface area contributed by atoms with E-state index in [1.54, 1.807) is 0 Å². The van der Waals surface area contributed by atoms with E-state index in [4.69, 9.17) is 0 Å². The Balaban J connectivity index is 2.05. The van der Waals surface area contributed by atoms with Gasteiger partial charge in [0.15, 0.2) is 0 Å². The predicted octanol–water partition coefficient (Wildman–Crippen LogP) is 3.96. The zero-order valence-corrected chi connectivity index (χ0v) is 13.8. The lowest BCUT2D eigenvalue weighted by molar-refractivity contribution is -0.130. The molecule has 2 aromatic rings. The van der Waals surface area contributed by atoms with Gasteiger partial charge < -0.3 is 4.90 Å². The van der Waals surface area contributed by atoms with Crippen LogP contribution >= 0.6 is 15.9 Å². The van der Waals surface area contributed by atoms with Gasteiger partial charge in [-0.15, -0.1) is 0 Å². The standard InChI is InChI=1S/C18H20BrNO/c1-15-6-5-9-17(12-15)13-18(21)20(11-10-19)14-16-7-3-2-4-8-16/h2-9,12H,10-11,13-14H2,1H3. The zero-order valence-electron chi connectivity index (χ0n) is 12.3. The largest absolute Gasteiger partial charge is 0.337 e. The molecule has 0 aliphatic heterocycles. The molecule has 0 spiro atoms. The average molecular weight is 346 g/mol. The van der Waals surface area contributed by atoms with E-state index in [0.29, 0.717) is 13.0 Å². The highest BCUT2D eigenvalue weighted by Crippen LogP contribution is 2.10. The lowest BCUT2D eigenvalue weighted by Gasteiger charge is -2.22. The summed E-state index contributed by atoms with van der Waals surface area (Å²) in [5, 5.41) is 0.791. The molecule has 0 aliphatic rings. The van der Waals surface area contributed by atoms with Crippen LogP contribution in [0, 0.1) is 6.92 Å². The molecule has 110 valence electrons. The van der Waals surface area contributed by atoms with E-state index < -0.39 is 0 Å². The van der Waals surface area contributed by atoms with Crippen LogP contribution < -0.4 is 0 Å². The number of hydrogen-bond donors (Lipinski definition) is 0. The second-order valence-corrected chi connectivity index (χ2v) is 5.95. The Labute approximate surface area is 134 Å². The minimum Gasteiger partial charge on any atom is -0.337 e. The number of nitrogens with zero attached hydrogens (tertiary/aromatic N) is 1. The second kappa shape index (κ2) is 7.99. The molecule has 0 bridgehead atoms. The number of aryl methyl sites for hydroxylation is 1. The smallest absolute Gasteiger partial charge is 0.227 e. The number of rotatable bonds is 6. The highest BCUT2D eigenvalue weighted by Gasteiger charge is 2.14. The number of carbonyl (C=O) groups is 1. The molecule has 0 unspecified atom stereocenters. The van der Waals surface area contributed by atoms with Crippen molar-refractivity contribution in [2.24, 2.45) is 0 Å². The maximum absolute atomic E-state index is 12.5. The molecule has 0 radical (unpaired) electrons. The number of alkyl halides is 1. The monoisotopic (exact) mass is 345 g/mol. The molecule has 0 atom stereocenters. The average Bonchev–Trinajstić information content (AvgIpc) is 2.48. The fourth-order valence-corrected chi connectivity index (χ4v) is 2.73. The van der Waals surface area contributed by atoms with Crippen molar-refractivity contribution in [3.8, 4) is 0 Å². The number of halogens is 1. The van der Waals surface area contributed by atoms with Crippen molar-refractivity contribution in [1.29, 1.82) is 0 Å². The Morgan fingerprint density at radius 2 is 1.76 bits per heavy atom. The van der Waals surface area contributed by atoms with E-state index in [-0.39, 0.29) is 5.91 Å². The lowest BCUT2D eigenvalue weighted by atomic mass is 10.1. The van der Waals surface area contributed by atoms with Crippen LogP contribution in [0.5, 0.6) is 0 Å². The van der Waals surface area contributed by atoms with Gasteiger partial charge in [0.1, 0.15) is 0 Å². The van der Waals surface area contributed by atoms with Crippen LogP contribution in [0.3, 0.4) is 0 Å². The van der Waals surface area contributed by atoms with Gasteiger partial charge in [-0.2, -0.15) is 0 Å². The van der Waals surface area contributed by atoms with E-state index in [0.717, 1.165) is 23.0 Å². The summed E-state index contributed by atoms with van der Waals surface area (Å²) in [6.07, 6.45) is 0.460. The zero-order chi connectivity index (χ0) is 15.1. The second-order valence-electron chi connectivity index (χ2n) is 5.16. The van der Waals surface area contributed by atoms with Gasteiger partial charge in [0.2, 0.25) is 5.91 Å². The van der Waals surface area contributed by atoms with Gasteiger partial charge in [0.25, 0.3) is 0 Å². The molecule has 0 saturated carbocycles. The van der Waals surface area contributed by atoms with Gasteiger partial charge >= 0.3 is 0 Å². The van der Waals surface area contributed by atoms with Crippen LogP contribution in [-0.4, -0.2) is 22.7 Å². The number of amides is 1. The van der Waals surface area contributed by atoms with Crippen LogP contribution in [0.25, 0.3) is 0 Å². The SMILES string of the molecule is Cc1cccc(CC(=O)N(CCBr)Cc2ccccc2)c1. The third-order valence-corrected chi connectivity index (χ3v) is 3.72. The molecule has 0 heterocycles. The van der Waals surface area contributed by atoms with E-state index in [1.807, 2.05) is 48.2 Å². The van der Waals surface area contributed by atoms with Crippen LogP contribution in [0.1, 0.15) is 16.7 Å². The molecule has 2 rings (SSSR count). The molecule has 1 amide bonds. The first-order chi connectivity index (χ1) is 10.2. The summed E-state index contributed by atoms with van der Waals surface area (Å²) < 4.78 is 0. The first kappa shape index (κ1) is 15.8. The Hall–Kier alpha value is -1.61. The summed E-state index contributed by atoms with van der Waals surface area (Å²) in [5.74, 6) is 0.170. The topological polar surface area (TPSA) is 20.3 Å². The molecular weight excluding hydrogens is 326 g/mol. The van der Waals surface area contributed by atoms with Gasteiger partial charge in [-0.1, -0.05) is 76.1 Å². The summed E-state index contributed by atoms with van der Waals surface area (Å²) in [5.41, 5.74) is 3.43. The molecule has 0 N–H and O–H groups in total. The van der Waals surface area contributed by atoms with Crippen molar-refractivity contribution >= 4 is 21.8 Å². The molecule has 0 aliphatic carbocycles. The fraction of sp³-hybridized carbons (Fsp3) is 0.278. The van der Waals surface area contributed by atoms with Crippen molar-refractivity contribution in [3.05, 3.63) is 71.3 Å². The lowest BCUT2D eigenvalue weighted by Crippen LogP contribution is -2.33. The van der Waals surface area contributed by atoms with Gasteiger partial charge in [-0.3, -0.25) is 4.79 Å². The van der Waals surface area contributed by atoms with E-state index in [1.165, 1.54) is 5.56 Å². The Bertz CT molecular complexity index is 583. The predicted molar refractivity (Wildman–Crippen MR) is 90.5 cm³/mol. The molecule has 0 aromatic heterocycles. The van der Waals surface area contributed by atoms with Gasteiger partial charge in [0, 0.05) is 18.4 Å². The van der Waals surface area contributed by atoms with Crippen LogP contribution in [0.15, 0.2) is 54.6 Å². The minimum atomic E-state index is 0.170. The van der Waals surface area contributed by atoms with Gasteiger partial charge in [0.05, 0.1) is 6.42 Å². The van der Waals surface area contributed by atoms with Crippen molar-refractivity contribution < 1.29 is 4.79 Å². The van der Waals surface area contributed by atoms with Crippen molar-refractivity contribution in [2.45, 2.75) is 19.9 Å². The van der Waals surface area contributed by atoms with Gasteiger partial charge in [-0.25, -0.2) is 0 Å². The van der Waals surface area contributed by atoms with Crippen LogP contribution in [0.2, 0.25) is 0 Å². The Morgan fingerprint density at radius 1 is 1.05 bits per heavy atom. The maximum atomic E-state index is 12.5. The molecule has 0 fully saturated rings. The van der Waals surface area contributed by atoms with E-state index in [9.17, 15) is 4.79 Å². The Kier molecular flexibility index (Phi) is 6.00. The number of hydrogen-bond acceptors (Lipinski definition) is 1. The summed E-state index contributed by atoms with van der Waals surface area (Å²) in [6.45, 7) is 3.44. The fourth-order valence-electron chi connectivity index (χ4n) is 2.31. The van der Waals surface area contributed by atoms with Crippen molar-refractivity contribution in [2.75, 3.05) is 11.9 Å². The first-order valence-corrected chi connectivity index (χ1v) is 8.24. The minimum absolute atomic E-state index is 0.170. The third-order valence-electron chi connectivity index (χ3n) is 3.36. The van der Waals surface area contributed by atoms with E-state index in [2.05, 4.69) is 34.1 Å². The normalized spacial score (nSPS) is 10.4. The first-order valence-electron chi connectivity index (χ1n) is 7.12. The summed E-state index contributed by atoms with van der Waals surface area (Å²) in [4.78, 5) is 14.4. The molecule has 2 aromatic carbocycles. The number of benzene rings is 2. The Morgan fingerprint density at radius 3 is 2.43 bits per heavy atom. The summed E-state index contributed by atoms with van der Waals surface area (Å²) >= 11 is 3.43. The van der Waals surface area contributed by atoms with Crippen molar-refractivity contribution in [3.63, 3.8) is 0 Å². The third kappa shape index (κ3) is 5.01. The van der Waals surface area contributed by atoms with Crippen molar-refractivity contribution in [1.82, 2.24) is 4.90 Å².